The first-order valence-corrected chi connectivity index (χ1v) is 7.35. The van der Waals surface area contributed by atoms with Crippen molar-refractivity contribution in [2.45, 2.75) is 44.8 Å². The van der Waals surface area contributed by atoms with Gasteiger partial charge in [0.05, 0.1) is 11.1 Å². The molecule has 1 aromatic rings. The van der Waals surface area contributed by atoms with Crippen LogP contribution in [0.15, 0.2) is 12.1 Å². The topological polar surface area (TPSA) is 41.1 Å². The Bertz CT molecular complexity index is 520. The van der Waals surface area contributed by atoms with Gasteiger partial charge in [0.2, 0.25) is 5.91 Å². The Morgan fingerprint density at radius 1 is 1.35 bits per heavy atom. The number of carbonyl (C=O) groups excluding carboxylic acids is 1. The Balaban J connectivity index is 2.05. The summed E-state index contributed by atoms with van der Waals surface area (Å²) in [5.41, 5.74) is 0.472. The van der Waals surface area contributed by atoms with Gasteiger partial charge in [-0.1, -0.05) is 23.2 Å². The van der Waals surface area contributed by atoms with Gasteiger partial charge in [-0.05, 0) is 38.8 Å². The van der Waals surface area contributed by atoms with Crippen LogP contribution in [0.5, 0.6) is 0 Å². The quantitative estimate of drug-likeness (QED) is 0.816. The van der Waals surface area contributed by atoms with E-state index in [9.17, 15) is 9.18 Å². The third-order valence-electron chi connectivity index (χ3n) is 3.33. The largest absolute Gasteiger partial charge is 0.352 e. The average Bonchev–Trinajstić information content (AvgIpc) is 3.18. The number of nitrogens with one attached hydrogen (secondary N) is 2. The maximum Gasteiger partial charge on any atom is 0.237 e. The van der Waals surface area contributed by atoms with Crippen LogP contribution in [0.4, 0.5) is 4.39 Å². The molecule has 1 aliphatic carbocycles. The molecular weight excluding hydrogens is 302 g/mol. The lowest BCUT2D eigenvalue weighted by atomic mass is 10.1. The third kappa shape index (κ3) is 3.62. The van der Waals surface area contributed by atoms with E-state index < -0.39 is 11.9 Å². The minimum Gasteiger partial charge on any atom is -0.352 e. The summed E-state index contributed by atoms with van der Waals surface area (Å²) in [5.74, 6) is -0.585. The summed E-state index contributed by atoms with van der Waals surface area (Å²) in [6.45, 7) is 3.56. The van der Waals surface area contributed by atoms with Crippen LogP contribution < -0.4 is 10.6 Å². The zero-order valence-electron chi connectivity index (χ0n) is 11.3. The number of hydrogen-bond acceptors (Lipinski definition) is 2. The predicted octanol–water partition coefficient (Wildman–Crippen LogP) is 3.45. The van der Waals surface area contributed by atoms with Crippen LogP contribution in [0.3, 0.4) is 0 Å². The summed E-state index contributed by atoms with van der Waals surface area (Å²) in [4.78, 5) is 11.9. The summed E-state index contributed by atoms with van der Waals surface area (Å²) in [6, 6.07) is 2.27. The summed E-state index contributed by atoms with van der Waals surface area (Å²) in [7, 11) is 0. The second-order valence-electron chi connectivity index (χ2n) is 5.15. The normalized spacial score (nSPS) is 17.6. The van der Waals surface area contributed by atoms with Crippen LogP contribution in [0, 0.1) is 5.82 Å². The van der Waals surface area contributed by atoms with Crippen LogP contribution in [0.1, 0.15) is 38.3 Å². The molecule has 1 fully saturated rings. The average molecular weight is 319 g/mol. The molecule has 0 heterocycles. The van der Waals surface area contributed by atoms with Gasteiger partial charge in [-0.15, -0.1) is 0 Å². The van der Waals surface area contributed by atoms with Crippen molar-refractivity contribution in [3.63, 3.8) is 0 Å². The molecule has 1 aromatic carbocycles. The van der Waals surface area contributed by atoms with Gasteiger partial charge in [0.15, 0.2) is 0 Å². The monoisotopic (exact) mass is 318 g/mol. The molecule has 0 bridgehead atoms. The van der Waals surface area contributed by atoms with Gasteiger partial charge in [0.1, 0.15) is 5.82 Å². The Morgan fingerprint density at radius 2 is 2.00 bits per heavy atom. The molecule has 2 N–H and O–H groups in total. The minimum absolute atomic E-state index is 0.00713. The van der Waals surface area contributed by atoms with Crippen LogP contribution in [-0.4, -0.2) is 18.0 Å². The lowest BCUT2D eigenvalue weighted by Gasteiger charge is -2.22. The van der Waals surface area contributed by atoms with E-state index in [-0.39, 0.29) is 17.0 Å². The first-order valence-electron chi connectivity index (χ1n) is 6.60. The highest BCUT2D eigenvalue weighted by atomic mass is 35.5. The molecule has 1 amide bonds. The van der Waals surface area contributed by atoms with Crippen LogP contribution >= 0.6 is 23.2 Å². The number of carbonyl (C=O) groups is 1. The zero-order chi connectivity index (χ0) is 14.9. The molecule has 2 atom stereocenters. The van der Waals surface area contributed by atoms with Gasteiger partial charge in [0.25, 0.3) is 0 Å². The summed E-state index contributed by atoms with van der Waals surface area (Å²) < 4.78 is 13.5. The van der Waals surface area contributed by atoms with Crippen molar-refractivity contribution in [1.29, 1.82) is 0 Å². The van der Waals surface area contributed by atoms with E-state index in [0.717, 1.165) is 12.8 Å². The maximum absolute atomic E-state index is 13.5. The second-order valence-corrected chi connectivity index (χ2v) is 5.93. The lowest BCUT2D eigenvalue weighted by molar-refractivity contribution is -0.123. The molecule has 3 nitrogen and oxygen atoms in total. The Hall–Kier alpha value is -0.840. The molecule has 110 valence electrons. The first kappa shape index (κ1) is 15.5. The van der Waals surface area contributed by atoms with Crippen molar-refractivity contribution in [3.8, 4) is 0 Å². The first-order chi connectivity index (χ1) is 9.40. The van der Waals surface area contributed by atoms with Gasteiger partial charge < -0.3 is 5.32 Å². The van der Waals surface area contributed by atoms with E-state index in [2.05, 4.69) is 10.6 Å². The van der Waals surface area contributed by atoms with Gasteiger partial charge in [0, 0.05) is 22.7 Å². The van der Waals surface area contributed by atoms with Gasteiger partial charge >= 0.3 is 0 Å². The predicted molar refractivity (Wildman–Crippen MR) is 78.6 cm³/mol. The molecule has 0 saturated heterocycles. The molecular formula is C14H17Cl2FN2O. The highest BCUT2D eigenvalue weighted by Crippen LogP contribution is 2.32. The minimum atomic E-state index is -0.519. The van der Waals surface area contributed by atoms with Gasteiger partial charge in [-0.3, -0.25) is 10.1 Å². The van der Waals surface area contributed by atoms with Crippen molar-refractivity contribution < 1.29 is 9.18 Å². The summed E-state index contributed by atoms with van der Waals surface area (Å²) in [6.07, 6.45) is 2.07. The van der Waals surface area contributed by atoms with Crippen molar-refractivity contribution >= 4 is 29.1 Å². The maximum atomic E-state index is 13.5. The second kappa shape index (κ2) is 6.29. The van der Waals surface area contributed by atoms with Crippen molar-refractivity contribution in [2.24, 2.45) is 0 Å². The number of hydrogen-bond donors (Lipinski definition) is 2. The fourth-order valence-electron chi connectivity index (χ4n) is 2.03. The molecule has 0 aliphatic heterocycles. The summed E-state index contributed by atoms with van der Waals surface area (Å²) >= 11 is 12.0. The van der Waals surface area contributed by atoms with Crippen molar-refractivity contribution in [3.05, 3.63) is 33.6 Å². The molecule has 0 aromatic heterocycles. The standard InChI is InChI=1S/C14H17Cl2FN2O/c1-7(12-10(15)5-6-11(17)13(12)16)18-8(2)14(20)19-9-3-4-9/h5-9,18H,3-4H2,1-2H3,(H,19,20). The van der Waals surface area contributed by atoms with Crippen LogP contribution in [-0.2, 0) is 4.79 Å². The number of benzene rings is 1. The zero-order valence-corrected chi connectivity index (χ0v) is 12.9. The van der Waals surface area contributed by atoms with Crippen LogP contribution in [0.2, 0.25) is 10.0 Å². The summed E-state index contributed by atoms with van der Waals surface area (Å²) in [5, 5.41) is 6.37. The van der Waals surface area contributed by atoms with E-state index in [0.29, 0.717) is 16.6 Å². The Kier molecular flexibility index (Phi) is 4.89. The van der Waals surface area contributed by atoms with Crippen molar-refractivity contribution in [2.75, 3.05) is 0 Å². The fraction of sp³-hybridized carbons (Fsp3) is 0.500. The van der Waals surface area contributed by atoms with Crippen LogP contribution in [0.25, 0.3) is 0 Å². The smallest absolute Gasteiger partial charge is 0.237 e. The number of rotatable bonds is 5. The highest BCUT2D eigenvalue weighted by molar-refractivity contribution is 6.36. The van der Waals surface area contributed by atoms with E-state index >= 15 is 0 Å². The SMILES string of the molecule is CC(NC(C)c1c(Cl)ccc(F)c1Cl)C(=O)NC1CC1. The Labute approximate surface area is 127 Å². The molecule has 20 heavy (non-hydrogen) atoms. The highest BCUT2D eigenvalue weighted by Gasteiger charge is 2.27. The molecule has 1 aliphatic rings. The number of halogens is 3. The van der Waals surface area contributed by atoms with E-state index in [1.165, 1.54) is 12.1 Å². The van der Waals surface area contributed by atoms with E-state index in [4.69, 9.17) is 23.2 Å². The third-order valence-corrected chi connectivity index (χ3v) is 4.04. The molecule has 1 saturated carbocycles. The van der Waals surface area contributed by atoms with E-state index in [1.807, 2.05) is 0 Å². The van der Waals surface area contributed by atoms with Gasteiger partial charge in [-0.25, -0.2) is 4.39 Å². The molecule has 2 unspecified atom stereocenters. The lowest BCUT2D eigenvalue weighted by Crippen LogP contribution is -2.44. The van der Waals surface area contributed by atoms with E-state index in [1.54, 1.807) is 13.8 Å². The van der Waals surface area contributed by atoms with Crippen molar-refractivity contribution in [1.82, 2.24) is 10.6 Å². The molecule has 0 spiro atoms. The molecule has 6 heteroatoms. The fourth-order valence-corrected chi connectivity index (χ4v) is 2.73. The van der Waals surface area contributed by atoms with Gasteiger partial charge in [-0.2, -0.15) is 0 Å². The Morgan fingerprint density at radius 3 is 2.60 bits per heavy atom. The number of amides is 1. The molecule has 2 rings (SSSR count). The molecule has 0 radical (unpaired) electrons.